The van der Waals surface area contributed by atoms with Crippen LogP contribution in [0.25, 0.3) is 0 Å². The molecule has 96 valence electrons. The Labute approximate surface area is 111 Å². The molecule has 1 aliphatic rings. The molecule has 1 fully saturated rings. The van der Waals surface area contributed by atoms with E-state index in [2.05, 4.69) is 5.32 Å². The van der Waals surface area contributed by atoms with Gasteiger partial charge in [0.05, 0.1) is 0 Å². The number of urea groups is 1. The molecule has 0 heterocycles. The molecule has 1 aliphatic carbocycles. The smallest absolute Gasteiger partial charge is 0.277 e. The molecule has 0 radical (unpaired) electrons. The zero-order valence-electron chi connectivity index (χ0n) is 10.3. The molecule has 3 amide bonds. The first-order chi connectivity index (χ1) is 8.70. The highest BCUT2D eigenvalue weighted by molar-refractivity contribution is 7.97. The summed E-state index contributed by atoms with van der Waals surface area (Å²) in [5.41, 5.74) is 0. The summed E-state index contributed by atoms with van der Waals surface area (Å²) in [7, 11) is 0. The van der Waals surface area contributed by atoms with Gasteiger partial charge in [-0.15, -0.1) is 0 Å². The summed E-state index contributed by atoms with van der Waals surface area (Å²) in [5.74, 6) is -0.0958. The summed E-state index contributed by atoms with van der Waals surface area (Å²) >= 11 is 1.34. The summed E-state index contributed by atoms with van der Waals surface area (Å²) in [6, 6.07) is 9.31. The number of hydrogen-bond donors (Lipinski definition) is 1. The lowest BCUT2D eigenvalue weighted by molar-refractivity contribution is -0.121. The van der Waals surface area contributed by atoms with E-state index >= 15 is 0 Å². The van der Waals surface area contributed by atoms with Crippen LogP contribution in [0.15, 0.2) is 35.2 Å². The first-order valence-corrected chi connectivity index (χ1v) is 6.83. The van der Waals surface area contributed by atoms with Gasteiger partial charge in [-0.05, 0) is 43.8 Å². The average molecular weight is 264 g/mol. The molecule has 2 rings (SSSR count). The predicted octanol–water partition coefficient (Wildman–Crippen LogP) is 2.66. The van der Waals surface area contributed by atoms with E-state index in [0.29, 0.717) is 6.54 Å². The Morgan fingerprint density at radius 3 is 2.56 bits per heavy atom. The van der Waals surface area contributed by atoms with Crippen molar-refractivity contribution >= 4 is 23.9 Å². The maximum atomic E-state index is 11.9. The minimum Gasteiger partial charge on any atom is -0.277 e. The molecule has 0 atom stereocenters. The quantitative estimate of drug-likeness (QED) is 0.851. The molecule has 0 aromatic heterocycles. The van der Waals surface area contributed by atoms with Gasteiger partial charge in [-0.1, -0.05) is 18.2 Å². The Kier molecular flexibility index (Phi) is 4.25. The molecule has 18 heavy (non-hydrogen) atoms. The summed E-state index contributed by atoms with van der Waals surface area (Å²) in [5, 5.41) is 2.44. The van der Waals surface area contributed by atoms with Crippen LogP contribution in [0.1, 0.15) is 19.8 Å². The lowest BCUT2D eigenvalue weighted by Gasteiger charge is -2.19. The molecule has 1 aromatic rings. The SMILES string of the molecule is CCN(Sc1ccccc1)C(=O)NC(=O)C1CC1. The molecule has 0 unspecified atom stereocenters. The van der Waals surface area contributed by atoms with E-state index in [0.717, 1.165) is 17.7 Å². The highest BCUT2D eigenvalue weighted by Crippen LogP contribution is 2.29. The van der Waals surface area contributed by atoms with E-state index < -0.39 is 0 Å². The Morgan fingerprint density at radius 2 is 2.00 bits per heavy atom. The van der Waals surface area contributed by atoms with Crippen LogP contribution < -0.4 is 5.32 Å². The van der Waals surface area contributed by atoms with Crippen molar-refractivity contribution in [3.63, 3.8) is 0 Å². The fraction of sp³-hybridized carbons (Fsp3) is 0.385. The van der Waals surface area contributed by atoms with E-state index in [1.807, 2.05) is 37.3 Å². The Bertz CT molecular complexity index is 432. The summed E-state index contributed by atoms with van der Waals surface area (Å²) in [6.07, 6.45) is 1.80. The normalized spacial score (nSPS) is 14.1. The van der Waals surface area contributed by atoms with Crippen LogP contribution in [0.2, 0.25) is 0 Å². The van der Waals surface area contributed by atoms with Gasteiger partial charge in [0.25, 0.3) is 0 Å². The molecule has 4 nitrogen and oxygen atoms in total. The minimum atomic E-state index is -0.330. The highest BCUT2D eigenvalue weighted by atomic mass is 32.2. The molecule has 5 heteroatoms. The van der Waals surface area contributed by atoms with Gasteiger partial charge in [0, 0.05) is 17.4 Å². The summed E-state index contributed by atoms with van der Waals surface area (Å²) < 4.78 is 1.55. The fourth-order valence-corrected chi connectivity index (χ4v) is 2.26. The van der Waals surface area contributed by atoms with Crippen molar-refractivity contribution in [3.8, 4) is 0 Å². The molecular weight excluding hydrogens is 248 g/mol. The van der Waals surface area contributed by atoms with Crippen LogP contribution in [-0.2, 0) is 4.79 Å². The topological polar surface area (TPSA) is 49.4 Å². The predicted molar refractivity (Wildman–Crippen MR) is 70.9 cm³/mol. The van der Waals surface area contributed by atoms with Crippen molar-refractivity contribution in [2.75, 3.05) is 6.54 Å². The number of amides is 3. The third-order valence-corrected chi connectivity index (χ3v) is 3.78. The molecule has 1 saturated carbocycles. The number of rotatable bonds is 4. The number of nitrogens with zero attached hydrogens (tertiary/aromatic N) is 1. The molecular formula is C13H16N2O2S. The second-order valence-corrected chi connectivity index (χ2v) is 5.26. The van der Waals surface area contributed by atoms with Crippen molar-refractivity contribution in [2.45, 2.75) is 24.7 Å². The maximum Gasteiger partial charge on any atom is 0.334 e. The van der Waals surface area contributed by atoms with E-state index in [4.69, 9.17) is 0 Å². The van der Waals surface area contributed by atoms with Gasteiger partial charge in [0.1, 0.15) is 0 Å². The van der Waals surface area contributed by atoms with E-state index in [1.54, 1.807) is 4.31 Å². The van der Waals surface area contributed by atoms with Crippen molar-refractivity contribution in [1.29, 1.82) is 0 Å². The molecule has 1 aromatic carbocycles. The van der Waals surface area contributed by atoms with Crippen LogP contribution in [0.5, 0.6) is 0 Å². The number of hydrogen-bond acceptors (Lipinski definition) is 3. The van der Waals surface area contributed by atoms with Crippen LogP contribution in [0.3, 0.4) is 0 Å². The van der Waals surface area contributed by atoms with Crippen LogP contribution in [-0.4, -0.2) is 22.8 Å². The number of imide groups is 1. The van der Waals surface area contributed by atoms with Crippen molar-refractivity contribution < 1.29 is 9.59 Å². The zero-order chi connectivity index (χ0) is 13.0. The number of carbonyl (C=O) groups excluding carboxylic acids is 2. The van der Waals surface area contributed by atoms with Crippen molar-refractivity contribution in [1.82, 2.24) is 9.62 Å². The average Bonchev–Trinajstić information content (AvgIpc) is 3.21. The van der Waals surface area contributed by atoms with E-state index in [1.165, 1.54) is 11.9 Å². The standard InChI is InChI=1S/C13H16N2O2S/c1-2-15(18-11-6-4-3-5-7-11)13(17)14-12(16)10-8-9-10/h3-7,10H,2,8-9H2,1H3,(H,14,16,17). The van der Waals surface area contributed by atoms with Crippen LogP contribution in [0, 0.1) is 5.92 Å². The first kappa shape index (κ1) is 13.0. The Balaban J connectivity index is 1.91. The lowest BCUT2D eigenvalue weighted by Crippen LogP contribution is -2.40. The van der Waals surface area contributed by atoms with Gasteiger partial charge >= 0.3 is 6.03 Å². The van der Waals surface area contributed by atoms with Gasteiger partial charge in [-0.3, -0.25) is 14.4 Å². The Morgan fingerprint density at radius 1 is 1.33 bits per heavy atom. The largest absolute Gasteiger partial charge is 0.334 e. The van der Waals surface area contributed by atoms with Gasteiger partial charge in [-0.25, -0.2) is 4.79 Å². The number of benzene rings is 1. The van der Waals surface area contributed by atoms with Gasteiger partial charge in [-0.2, -0.15) is 0 Å². The van der Waals surface area contributed by atoms with Crippen LogP contribution >= 0.6 is 11.9 Å². The molecule has 0 spiro atoms. The maximum absolute atomic E-state index is 11.9. The van der Waals surface area contributed by atoms with Crippen LogP contribution in [0.4, 0.5) is 4.79 Å². The monoisotopic (exact) mass is 264 g/mol. The second kappa shape index (κ2) is 5.91. The van der Waals surface area contributed by atoms with Gasteiger partial charge < -0.3 is 0 Å². The third-order valence-electron chi connectivity index (χ3n) is 2.65. The fourth-order valence-electron chi connectivity index (χ4n) is 1.47. The van der Waals surface area contributed by atoms with Gasteiger partial charge in [0.15, 0.2) is 0 Å². The van der Waals surface area contributed by atoms with Gasteiger partial charge in [0.2, 0.25) is 5.91 Å². The zero-order valence-corrected chi connectivity index (χ0v) is 11.1. The summed E-state index contributed by atoms with van der Waals surface area (Å²) in [6.45, 7) is 2.43. The first-order valence-electron chi connectivity index (χ1n) is 6.06. The number of nitrogens with one attached hydrogen (secondary N) is 1. The molecule has 0 bridgehead atoms. The third kappa shape index (κ3) is 3.50. The Hall–Kier alpha value is -1.49. The van der Waals surface area contributed by atoms with E-state index in [9.17, 15) is 9.59 Å². The van der Waals surface area contributed by atoms with Crippen molar-refractivity contribution in [2.24, 2.45) is 5.92 Å². The molecule has 0 aliphatic heterocycles. The summed E-state index contributed by atoms with van der Waals surface area (Å²) in [4.78, 5) is 24.4. The molecule has 0 saturated heterocycles. The minimum absolute atomic E-state index is 0.0504. The van der Waals surface area contributed by atoms with Crippen molar-refractivity contribution in [3.05, 3.63) is 30.3 Å². The second-order valence-electron chi connectivity index (χ2n) is 4.17. The molecule has 1 N–H and O–H groups in total. The number of carbonyl (C=O) groups is 2. The lowest BCUT2D eigenvalue weighted by atomic mass is 10.4. The van der Waals surface area contributed by atoms with E-state index in [-0.39, 0.29) is 17.9 Å². The highest BCUT2D eigenvalue weighted by Gasteiger charge is 2.31.